The summed E-state index contributed by atoms with van der Waals surface area (Å²) in [6, 6.07) is 16.6. The molecule has 0 unspecified atom stereocenters. The number of nitrogens with one attached hydrogen (secondary N) is 1. The van der Waals surface area contributed by atoms with Crippen LogP contribution in [0, 0.1) is 5.82 Å². The van der Waals surface area contributed by atoms with Crippen molar-refractivity contribution in [2.45, 2.75) is 13.0 Å². The summed E-state index contributed by atoms with van der Waals surface area (Å²) in [5, 5.41) is 4.95. The van der Waals surface area contributed by atoms with Crippen molar-refractivity contribution in [1.82, 2.24) is 9.97 Å². The Labute approximate surface area is 178 Å². The second-order valence-corrected chi connectivity index (χ2v) is 6.91. The molecule has 0 radical (unpaired) electrons. The number of fused-ring (bicyclic) bond motifs is 1. The fourth-order valence-electron chi connectivity index (χ4n) is 3.23. The van der Waals surface area contributed by atoms with Crippen molar-refractivity contribution in [1.29, 1.82) is 0 Å². The molecule has 0 aliphatic carbocycles. The normalized spacial score (nSPS) is 11.7. The molecule has 4 aromatic rings. The molecule has 0 spiro atoms. The molecule has 31 heavy (non-hydrogen) atoms. The van der Waals surface area contributed by atoms with E-state index < -0.39 is 5.82 Å². The summed E-state index contributed by atoms with van der Waals surface area (Å²) < 4.78 is 24.2. The second-order valence-electron chi connectivity index (χ2n) is 6.91. The van der Waals surface area contributed by atoms with Crippen molar-refractivity contribution in [3.63, 3.8) is 0 Å². The quantitative estimate of drug-likeness (QED) is 0.417. The third kappa shape index (κ3) is 4.45. The molecule has 0 bridgehead atoms. The molecule has 0 aliphatic rings. The Morgan fingerprint density at radius 1 is 1.03 bits per heavy atom. The molecular formula is C24H20FN3O3. The van der Waals surface area contributed by atoms with Crippen LogP contribution in [-0.2, 0) is 4.74 Å². The Hall–Kier alpha value is -4.00. The van der Waals surface area contributed by atoms with Crippen LogP contribution in [0.25, 0.3) is 10.8 Å². The topological polar surface area (TPSA) is 73.3 Å². The van der Waals surface area contributed by atoms with Gasteiger partial charge in [0.2, 0.25) is 5.88 Å². The number of esters is 1. The molecule has 1 atom stereocenters. The zero-order chi connectivity index (χ0) is 21.8. The van der Waals surface area contributed by atoms with E-state index in [4.69, 9.17) is 9.47 Å². The number of carbonyl (C=O) groups is 1. The standard InChI is InChI=1S/C24H20FN3O3/c1-15(16-6-8-18(9-7-16)24(29)30-2)28-22-21-17(10-12-26-22)11-13-27-23(21)31-20-5-3-4-19(25)14-20/h3-15H,1-2H3,(H,26,28)/t15-/m1/s1. The minimum Gasteiger partial charge on any atom is -0.465 e. The van der Waals surface area contributed by atoms with Gasteiger partial charge in [0.1, 0.15) is 17.4 Å². The molecular weight excluding hydrogens is 397 g/mol. The number of carbonyl (C=O) groups excluding carboxylic acids is 1. The molecule has 7 heteroatoms. The number of halogens is 1. The summed E-state index contributed by atoms with van der Waals surface area (Å²) in [4.78, 5) is 20.5. The number of hydrogen-bond acceptors (Lipinski definition) is 6. The highest BCUT2D eigenvalue weighted by atomic mass is 19.1. The van der Waals surface area contributed by atoms with Gasteiger partial charge in [0.15, 0.2) is 0 Å². The maximum atomic E-state index is 13.6. The van der Waals surface area contributed by atoms with E-state index in [0.717, 1.165) is 10.9 Å². The van der Waals surface area contributed by atoms with E-state index in [9.17, 15) is 9.18 Å². The number of rotatable bonds is 6. The summed E-state index contributed by atoms with van der Waals surface area (Å²) in [6.07, 6.45) is 3.33. The first-order valence-corrected chi connectivity index (χ1v) is 9.67. The minimum absolute atomic E-state index is 0.118. The predicted molar refractivity (Wildman–Crippen MR) is 116 cm³/mol. The van der Waals surface area contributed by atoms with Crippen LogP contribution in [0.5, 0.6) is 11.6 Å². The Morgan fingerprint density at radius 2 is 1.77 bits per heavy atom. The monoisotopic (exact) mass is 417 g/mol. The van der Waals surface area contributed by atoms with Gasteiger partial charge in [-0.2, -0.15) is 0 Å². The molecule has 156 valence electrons. The van der Waals surface area contributed by atoms with E-state index in [1.807, 2.05) is 31.2 Å². The Balaban J connectivity index is 1.65. The number of methoxy groups -OCH3 is 1. The highest BCUT2D eigenvalue weighted by Crippen LogP contribution is 2.33. The zero-order valence-corrected chi connectivity index (χ0v) is 17.0. The zero-order valence-electron chi connectivity index (χ0n) is 17.0. The lowest BCUT2D eigenvalue weighted by molar-refractivity contribution is 0.0600. The van der Waals surface area contributed by atoms with Gasteiger partial charge in [-0.1, -0.05) is 18.2 Å². The first kappa shape index (κ1) is 20.3. The van der Waals surface area contributed by atoms with Gasteiger partial charge in [-0.15, -0.1) is 0 Å². The lowest BCUT2D eigenvalue weighted by Crippen LogP contribution is -2.09. The summed E-state index contributed by atoms with van der Waals surface area (Å²) in [7, 11) is 1.35. The highest BCUT2D eigenvalue weighted by Gasteiger charge is 2.15. The predicted octanol–water partition coefficient (Wildman–Crippen LogP) is 5.52. The first-order chi connectivity index (χ1) is 15.0. The maximum Gasteiger partial charge on any atom is 0.337 e. The van der Waals surface area contributed by atoms with Gasteiger partial charge in [0, 0.05) is 24.5 Å². The average Bonchev–Trinajstić information content (AvgIpc) is 2.79. The minimum atomic E-state index is -0.391. The summed E-state index contributed by atoms with van der Waals surface area (Å²) in [5.74, 6) is 0.487. The SMILES string of the molecule is COC(=O)c1ccc([C@@H](C)Nc2nccc3ccnc(Oc4cccc(F)c4)c23)cc1. The van der Waals surface area contributed by atoms with Crippen LogP contribution in [0.2, 0.25) is 0 Å². The van der Waals surface area contributed by atoms with E-state index in [1.54, 1.807) is 36.7 Å². The van der Waals surface area contributed by atoms with Crippen LogP contribution >= 0.6 is 0 Å². The van der Waals surface area contributed by atoms with E-state index in [1.165, 1.54) is 19.2 Å². The number of pyridine rings is 2. The van der Waals surface area contributed by atoms with Gasteiger partial charge in [-0.05, 0) is 54.3 Å². The third-order valence-electron chi connectivity index (χ3n) is 4.84. The molecule has 0 saturated heterocycles. The van der Waals surface area contributed by atoms with Crippen molar-refractivity contribution in [2.75, 3.05) is 12.4 Å². The van der Waals surface area contributed by atoms with Crippen LogP contribution in [0.4, 0.5) is 10.2 Å². The number of nitrogens with zero attached hydrogens (tertiary/aromatic N) is 2. The highest BCUT2D eigenvalue weighted by molar-refractivity contribution is 5.96. The maximum absolute atomic E-state index is 13.6. The van der Waals surface area contributed by atoms with Crippen molar-refractivity contribution in [3.05, 3.63) is 90.0 Å². The number of ether oxygens (including phenoxy) is 2. The Kier molecular flexibility index (Phi) is 5.75. The van der Waals surface area contributed by atoms with Gasteiger partial charge >= 0.3 is 5.97 Å². The van der Waals surface area contributed by atoms with Crippen molar-refractivity contribution >= 4 is 22.6 Å². The Bertz CT molecular complexity index is 1220. The van der Waals surface area contributed by atoms with Crippen LogP contribution in [0.3, 0.4) is 0 Å². The second kappa shape index (κ2) is 8.79. The van der Waals surface area contributed by atoms with Crippen molar-refractivity contribution < 1.29 is 18.7 Å². The molecule has 0 aliphatic heterocycles. The number of benzene rings is 2. The molecule has 1 N–H and O–H groups in total. The molecule has 6 nitrogen and oxygen atoms in total. The lowest BCUT2D eigenvalue weighted by atomic mass is 10.1. The largest absolute Gasteiger partial charge is 0.465 e. The van der Waals surface area contributed by atoms with Crippen LogP contribution < -0.4 is 10.1 Å². The van der Waals surface area contributed by atoms with Gasteiger partial charge in [0.05, 0.1) is 18.1 Å². The molecule has 4 rings (SSSR count). The smallest absolute Gasteiger partial charge is 0.337 e. The summed E-state index contributed by atoms with van der Waals surface area (Å²) in [5.41, 5.74) is 1.44. The number of hydrogen-bond donors (Lipinski definition) is 1. The van der Waals surface area contributed by atoms with E-state index in [0.29, 0.717) is 28.4 Å². The molecule has 0 saturated carbocycles. The Morgan fingerprint density at radius 3 is 2.48 bits per heavy atom. The third-order valence-corrected chi connectivity index (χ3v) is 4.84. The molecule has 2 aromatic heterocycles. The number of anilines is 1. The van der Waals surface area contributed by atoms with E-state index in [-0.39, 0.29) is 12.0 Å². The average molecular weight is 417 g/mol. The summed E-state index contributed by atoms with van der Waals surface area (Å²) in [6.45, 7) is 1.98. The molecule has 2 aromatic carbocycles. The summed E-state index contributed by atoms with van der Waals surface area (Å²) >= 11 is 0. The van der Waals surface area contributed by atoms with Crippen LogP contribution in [-0.4, -0.2) is 23.0 Å². The van der Waals surface area contributed by atoms with E-state index in [2.05, 4.69) is 15.3 Å². The lowest BCUT2D eigenvalue weighted by Gasteiger charge is -2.18. The van der Waals surface area contributed by atoms with Gasteiger partial charge in [-0.3, -0.25) is 0 Å². The molecule has 0 amide bonds. The van der Waals surface area contributed by atoms with Gasteiger partial charge < -0.3 is 14.8 Å². The fraction of sp³-hybridized carbons (Fsp3) is 0.125. The fourth-order valence-corrected chi connectivity index (χ4v) is 3.23. The molecule has 2 heterocycles. The van der Waals surface area contributed by atoms with Crippen LogP contribution in [0.1, 0.15) is 28.9 Å². The van der Waals surface area contributed by atoms with Crippen LogP contribution in [0.15, 0.2) is 73.1 Å². The van der Waals surface area contributed by atoms with Gasteiger partial charge in [0.25, 0.3) is 0 Å². The van der Waals surface area contributed by atoms with Crippen molar-refractivity contribution in [3.8, 4) is 11.6 Å². The van der Waals surface area contributed by atoms with Gasteiger partial charge in [-0.25, -0.2) is 19.2 Å². The van der Waals surface area contributed by atoms with E-state index >= 15 is 0 Å². The van der Waals surface area contributed by atoms with Crippen molar-refractivity contribution in [2.24, 2.45) is 0 Å². The first-order valence-electron chi connectivity index (χ1n) is 9.67. The molecule has 0 fully saturated rings. The number of aromatic nitrogens is 2.